The highest BCUT2D eigenvalue weighted by Gasteiger charge is 2.17. The summed E-state index contributed by atoms with van der Waals surface area (Å²) in [5, 5.41) is 21.3. The number of nitrogens with one attached hydrogen (secondary N) is 1. The van der Waals surface area contributed by atoms with E-state index in [0.717, 1.165) is 0 Å². The van der Waals surface area contributed by atoms with Crippen LogP contribution in [0.15, 0.2) is 16.6 Å². The van der Waals surface area contributed by atoms with Crippen LogP contribution in [0.25, 0.3) is 0 Å². The molecule has 0 amide bonds. The van der Waals surface area contributed by atoms with Crippen LogP contribution in [-0.2, 0) is 0 Å². The summed E-state index contributed by atoms with van der Waals surface area (Å²) in [6.07, 6.45) is -0.760. The zero-order valence-corrected chi connectivity index (χ0v) is 11.7. The minimum atomic E-state index is -1.14. The van der Waals surface area contributed by atoms with Gasteiger partial charge in [0, 0.05) is 11.0 Å². The van der Waals surface area contributed by atoms with Gasteiger partial charge in [-0.05, 0) is 28.1 Å². The second kappa shape index (κ2) is 6.44. The lowest BCUT2D eigenvalue weighted by molar-refractivity contribution is 0.0698. The zero-order valence-electron chi connectivity index (χ0n) is 8.58. The molecule has 0 radical (unpaired) electrons. The van der Waals surface area contributed by atoms with Crippen LogP contribution >= 0.6 is 39.1 Å². The van der Waals surface area contributed by atoms with Crippen LogP contribution in [0, 0.1) is 0 Å². The third-order valence-corrected chi connectivity index (χ3v) is 3.34. The van der Waals surface area contributed by atoms with E-state index in [1.165, 1.54) is 6.07 Å². The Morgan fingerprint density at radius 3 is 2.71 bits per heavy atom. The first-order chi connectivity index (χ1) is 7.97. The Labute approximate surface area is 117 Å². The summed E-state index contributed by atoms with van der Waals surface area (Å²) in [7, 11) is 0. The van der Waals surface area contributed by atoms with Gasteiger partial charge in [0.15, 0.2) is 0 Å². The molecule has 94 valence electrons. The molecule has 0 aliphatic heterocycles. The van der Waals surface area contributed by atoms with Gasteiger partial charge in [-0.25, -0.2) is 4.79 Å². The second-order valence-electron chi connectivity index (χ2n) is 3.27. The summed E-state index contributed by atoms with van der Waals surface area (Å²) in [5.74, 6) is -1.08. The van der Waals surface area contributed by atoms with Crippen LogP contribution in [0.4, 0.5) is 5.69 Å². The fourth-order valence-electron chi connectivity index (χ4n) is 1.21. The summed E-state index contributed by atoms with van der Waals surface area (Å²) in [4.78, 5) is 11.1. The number of aliphatic hydroxyl groups is 1. The number of carboxylic acid groups (broad SMARTS) is 1. The van der Waals surface area contributed by atoms with E-state index in [4.69, 9.17) is 28.3 Å². The van der Waals surface area contributed by atoms with E-state index in [1.807, 2.05) is 0 Å². The number of halogens is 3. The molecule has 0 spiro atoms. The SMILES string of the molecule is O=C(O)c1c(Cl)ccc(Br)c1NCC(O)CCl. The molecular weight excluding hydrogens is 333 g/mol. The molecule has 0 bridgehead atoms. The van der Waals surface area contributed by atoms with E-state index in [0.29, 0.717) is 10.2 Å². The normalized spacial score (nSPS) is 12.2. The molecule has 1 atom stereocenters. The summed E-state index contributed by atoms with van der Waals surface area (Å²) in [5.41, 5.74) is 0.289. The van der Waals surface area contributed by atoms with E-state index in [9.17, 15) is 9.90 Å². The lowest BCUT2D eigenvalue weighted by Gasteiger charge is -2.14. The molecule has 4 nitrogen and oxygen atoms in total. The van der Waals surface area contributed by atoms with Crippen molar-refractivity contribution in [1.82, 2.24) is 0 Å². The number of carbonyl (C=O) groups is 1. The van der Waals surface area contributed by atoms with Crippen LogP contribution in [0.1, 0.15) is 10.4 Å². The predicted molar refractivity (Wildman–Crippen MR) is 71.3 cm³/mol. The molecule has 7 heteroatoms. The Morgan fingerprint density at radius 2 is 2.18 bits per heavy atom. The third-order valence-electron chi connectivity index (χ3n) is 2.01. The Hall–Kier alpha value is -0.490. The van der Waals surface area contributed by atoms with Crippen LogP contribution in [0.2, 0.25) is 5.02 Å². The van der Waals surface area contributed by atoms with E-state index in [1.54, 1.807) is 6.07 Å². The van der Waals surface area contributed by atoms with Crippen molar-refractivity contribution < 1.29 is 15.0 Å². The number of benzene rings is 1. The summed E-state index contributed by atoms with van der Waals surface area (Å²) in [6.45, 7) is 0.142. The fraction of sp³-hybridized carbons (Fsp3) is 0.300. The predicted octanol–water partition coefficient (Wildman–Crippen LogP) is 2.81. The van der Waals surface area contributed by atoms with Gasteiger partial charge in [-0.1, -0.05) is 11.6 Å². The number of aromatic carboxylic acids is 1. The minimum absolute atomic E-state index is 0.0391. The molecule has 17 heavy (non-hydrogen) atoms. The van der Waals surface area contributed by atoms with Gasteiger partial charge in [0.2, 0.25) is 0 Å². The topological polar surface area (TPSA) is 69.6 Å². The molecule has 0 saturated heterocycles. The van der Waals surface area contributed by atoms with E-state index < -0.39 is 12.1 Å². The van der Waals surface area contributed by atoms with Gasteiger partial charge in [-0.15, -0.1) is 11.6 Å². The fourth-order valence-corrected chi connectivity index (χ4v) is 2.03. The molecule has 0 aromatic heterocycles. The first-order valence-corrected chi connectivity index (χ1v) is 6.37. The van der Waals surface area contributed by atoms with E-state index in [-0.39, 0.29) is 23.0 Å². The van der Waals surface area contributed by atoms with E-state index in [2.05, 4.69) is 21.2 Å². The van der Waals surface area contributed by atoms with Crippen molar-refractivity contribution >= 4 is 50.8 Å². The first kappa shape index (κ1) is 14.6. The van der Waals surface area contributed by atoms with Gasteiger partial charge in [-0.2, -0.15) is 0 Å². The average molecular weight is 343 g/mol. The molecule has 0 heterocycles. The molecule has 1 aromatic carbocycles. The Morgan fingerprint density at radius 1 is 1.53 bits per heavy atom. The monoisotopic (exact) mass is 341 g/mol. The quantitative estimate of drug-likeness (QED) is 0.720. The molecular formula is C10H10BrCl2NO3. The van der Waals surface area contributed by atoms with E-state index >= 15 is 0 Å². The van der Waals surface area contributed by atoms with Gasteiger partial charge in [-0.3, -0.25) is 0 Å². The highest BCUT2D eigenvalue weighted by molar-refractivity contribution is 9.10. The van der Waals surface area contributed by atoms with Crippen molar-refractivity contribution in [2.24, 2.45) is 0 Å². The van der Waals surface area contributed by atoms with Gasteiger partial charge in [0.25, 0.3) is 0 Å². The van der Waals surface area contributed by atoms with Crippen LogP contribution < -0.4 is 5.32 Å². The Balaban J connectivity index is 3.04. The number of anilines is 1. The zero-order chi connectivity index (χ0) is 13.0. The molecule has 0 saturated carbocycles. The second-order valence-corrected chi connectivity index (χ2v) is 4.84. The lowest BCUT2D eigenvalue weighted by Crippen LogP contribution is -2.22. The molecule has 1 unspecified atom stereocenters. The first-order valence-electron chi connectivity index (χ1n) is 4.66. The van der Waals surface area contributed by atoms with Crippen LogP contribution in [0.3, 0.4) is 0 Å². The maximum Gasteiger partial charge on any atom is 0.339 e. The van der Waals surface area contributed by atoms with Gasteiger partial charge in [0.05, 0.1) is 22.7 Å². The van der Waals surface area contributed by atoms with Gasteiger partial charge in [0.1, 0.15) is 5.56 Å². The molecule has 3 N–H and O–H groups in total. The standard InChI is InChI=1S/C10H10BrCl2NO3/c11-6-1-2-7(13)8(10(16)17)9(6)14-4-5(15)3-12/h1-2,5,14-15H,3-4H2,(H,16,17). The maximum atomic E-state index is 11.1. The van der Waals surface area contributed by atoms with Crippen molar-refractivity contribution in [3.05, 3.63) is 27.2 Å². The summed E-state index contributed by atoms with van der Waals surface area (Å²) >= 11 is 14.5. The molecule has 0 aliphatic carbocycles. The number of alkyl halides is 1. The molecule has 1 aromatic rings. The number of hydrogen-bond donors (Lipinski definition) is 3. The van der Waals surface area contributed by atoms with Gasteiger partial charge < -0.3 is 15.5 Å². The number of hydrogen-bond acceptors (Lipinski definition) is 3. The summed E-state index contributed by atoms with van der Waals surface area (Å²) < 4.78 is 0.557. The lowest BCUT2D eigenvalue weighted by atomic mass is 10.1. The highest BCUT2D eigenvalue weighted by Crippen LogP contribution is 2.32. The van der Waals surface area contributed by atoms with Crippen molar-refractivity contribution in [2.75, 3.05) is 17.7 Å². The van der Waals surface area contributed by atoms with Gasteiger partial charge >= 0.3 is 5.97 Å². The smallest absolute Gasteiger partial charge is 0.339 e. The molecule has 0 aliphatic rings. The van der Waals surface area contributed by atoms with Crippen molar-refractivity contribution in [3.8, 4) is 0 Å². The maximum absolute atomic E-state index is 11.1. The highest BCUT2D eigenvalue weighted by atomic mass is 79.9. The number of aliphatic hydroxyl groups excluding tert-OH is 1. The Kier molecular flexibility index (Phi) is 5.52. The van der Waals surface area contributed by atoms with Crippen LogP contribution in [0.5, 0.6) is 0 Å². The molecule has 1 rings (SSSR count). The van der Waals surface area contributed by atoms with Crippen molar-refractivity contribution in [3.63, 3.8) is 0 Å². The summed E-state index contributed by atoms with van der Waals surface area (Å²) in [6, 6.07) is 3.11. The third kappa shape index (κ3) is 3.74. The molecule has 0 fully saturated rings. The number of carboxylic acids is 1. The van der Waals surface area contributed by atoms with Crippen LogP contribution in [-0.4, -0.2) is 34.7 Å². The largest absolute Gasteiger partial charge is 0.478 e. The number of rotatable bonds is 5. The van der Waals surface area contributed by atoms with Crippen molar-refractivity contribution in [1.29, 1.82) is 0 Å². The van der Waals surface area contributed by atoms with Crippen molar-refractivity contribution in [2.45, 2.75) is 6.10 Å². The average Bonchev–Trinajstić information content (AvgIpc) is 2.28. The minimum Gasteiger partial charge on any atom is -0.478 e. The Bertz CT molecular complexity index is 428.